The number of primary amides is 1. The molecule has 1 aromatic heterocycles. The number of aromatic amines is 1. The lowest BCUT2D eigenvalue weighted by Gasteiger charge is -2.15. The SMILES string of the molecule is CC(Oc1cc(-c2cn[nH]c2)ccc1NC(=O)O)C(N)=O. The van der Waals surface area contributed by atoms with E-state index in [0.29, 0.717) is 0 Å². The third kappa shape index (κ3) is 3.50. The Morgan fingerprint density at radius 1 is 1.43 bits per heavy atom. The van der Waals surface area contributed by atoms with Crippen molar-refractivity contribution in [2.75, 3.05) is 5.32 Å². The van der Waals surface area contributed by atoms with E-state index < -0.39 is 18.1 Å². The molecule has 0 saturated carbocycles. The Labute approximate surface area is 119 Å². The fourth-order valence-corrected chi connectivity index (χ4v) is 1.68. The number of H-pyrrole nitrogens is 1. The quantitative estimate of drug-likeness (QED) is 0.661. The molecule has 0 aliphatic heterocycles. The summed E-state index contributed by atoms with van der Waals surface area (Å²) in [4.78, 5) is 21.9. The number of nitrogens with one attached hydrogen (secondary N) is 2. The third-order valence-corrected chi connectivity index (χ3v) is 2.76. The van der Waals surface area contributed by atoms with Crippen LogP contribution in [0.4, 0.5) is 10.5 Å². The number of hydrogen-bond donors (Lipinski definition) is 4. The number of carbonyl (C=O) groups is 2. The van der Waals surface area contributed by atoms with Gasteiger partial charge in [0.15, 0.2) is 6.10 Å². The van der Waals surface area contributed by atoms with Gasteiger partial charge in [0.25, 0.3) is 5.91 Å². The molecule has 0 aliphatic rings. The van der Waals surface area contributed by atoms with Crippen molar-refractivity contribution in [2.45, 2.75) is 13.0 Å². The number of ether oxygens (including phenoxy) is 1. The number of amides is 2. The molecule has 0 fully saturated rings. The molecule has 1 aromatic carbocycles. The summed E-state index contributed by atoms with van der Waals surface area (Å²) in [5.74, 6) is -0.438. The molecule has 21 heavy (non-hydrogen) atoms. The highest BCUT2D eigenvalue weighted by Crippen LogP contribution is 2.31. The number of carbonyl (C=O) groups excluding carboxylic acids is 1. The standard InChI is InChI=1S/C13H14N4O4/c1-7(12(14)18)21-11-4-8(9-5-15-16-6-9)2-3-10(11)17-13(19)20/h2-7,17H,1H3,(H2,14,18)(H,15,16)(H,19,20). The maximum atomic E-state index is 11.1. The maximum absolute atomic E-state index is 11.1. The van der Waals surface area contributed by atoms with Crippen molar-refractivity contribution >= 4 is 17.7 Å². The van der Waals surface area contributed by atoms with Crippen molar-refractivity contribution in [1.29, 1.82) is 0 Å². The second-order valence-corrected chi connectivity index (χ2v) is 4.29. The van der Waals surface area contributed by atoms with Gasteiger partial charge in [0.2, 0.25) is 0 Å². The van der Waals surface area contributed by atoms with E-state index in [-0.39, 0.29) is 11.4 Å². The van der Waals surface area contributed by atoms with Crippen molar-refractivity contribution < 1.29 is 19.4 Å². The first kappa shape index (κ1) is 14.4. The molecular formula is C13H14N4O4. The summed E-state index contributed by atoms with van der Waals surface area (Å²) in [6.07, 6.45) is 1.17. The van der Waals surface area contributed by atoms with Gasteiger partial charge < -0.3 is 15.6 Å². The molecule has 1 unspecified atom stereocenters. The van der Waals surface area contributed by atoms with Gasteiger partial charge in [0, 0.05) is 11.8 Å². The predicted molar refractivity (Wildman–Crippen MR) is 75.0 cm³/mol. The highest BCUT2D eigenvalue weighted by Gasteiger charge is 2.15. The molecule has 1 heterocycles. The Balaban J connectivity index is 2.37. The predicted octanol–water partition coefficient (Wildman–Crippen LogP) is 1.42. The average Bonchev–Trinajstić information content (AvgIpc) is 2.94. The number of carboxylic acid groups (broad SMARTS) is 1. The normalized spacial score (nSPS) is 11.7. The zero-order valence-corrected chi connectivity index (χ0v) is 11.2. The van der Waals surface area contributed by atoms with Crippen LogP contribution in [0.25, 0.3) is 11.1 Å². The van der Waals surface area contributed by atoms with E-state index in [4.69, 9.17) is 15.6 Å². The van der Waals surface area contributed by atoms with Crippen LogP contribution in [0.2, 0.25) is 0 Å². The third-order valence-electron chi connectivity index (χ3n) is 2.76. The molecule has 5 N–H and O–H groups in total. The molecule has 8 nitrogen and oxygen atoms in total. The van der Waals surface area contributed by atoms with Gasteiger partial charge in [-0.3, -0.25) is 15.2 Å². The Bertz CT molecular complexity index is 654. The fraction of sp³-hybridized carbons (Fsp3) is 0.154. The molecular weight excluding hydrogens is 276 g/mol. The van der Waals surface area contributed by atoms with Crippen molar-refractivity contribution in [3.05, 3.63) is 30.6 Å². The lowest BCUT2D eigenvalue weighted by atomic mass is 10.1. The molecule has 0 aliphatic carbocycles. The molecule has 8 heteroatoms. The smallest absolute Gasteiger partial charge is 0.409 e. The largest absolute Gasteiger partial charge is 0.479 e. The lowest BCUT2D eigenvalue weighted by Crippen LogP contribution is -2.31. The lowest BCUT2D eigenvalue weighted by molar-refractivity contribution is -0.123. The first-order valence-electron chi connectivity index (χ1n) is 6.06. The highest BCUT2D eigenvalue weighted by atomic mass is 16.5. The summed E-state index contributed by atoms with van der Waals surface area (Å²) in [5.41, 5.74) is 6.93. The monoisotopic (exact) mass is 290 g/mol. The minimum absolute atomic E-state index is 0.211. The summed E-state index contributed by atoms with van der Waals surface area (Å²) in [7, 11) is 0. The van der Waals surface area contributed by atoms with Crippen LogP contribution < -0.4 is 15.8 Å². The van der Waals surface area contributed by atoms with Gasteiger partial charge in [-0.25, -0.2) is 4.79 Å². The minimum atomic E-state index is -1.23. The zero-order valence-electron chi connectivity index (χ0n) is 11.2. The molecule has 2 aromatic rings. The van der Waals surface area contributed by atoms with Crippen molar-refractivity contribution in [3.63, 3.8) is 0 Å². The van der Waals surface area contributed by atoms with E-state index in [1.165, 1.54) is 6.92 Å². The van der Waals surface area contributed by atoms with E-state index >= 15 is 0 Å². The van der Waals surface area contributed by atoms with Crippen molar-refractivity contribution in [1.82, 2.24) is 10.2 Å². The van der Waals surface area contributed by atoms with Crippen LogP contribution in [0, 0.1) is 0 Å². The van der Waals surface area contributed by atoms with Gasteiger partial charge in [-0.15, -0.1) is 0 Å². The Morgan fingerprint density at radius 2 is 2.19 bits per heavy atom. The van der Waals surface area contributed by atoms with E-state index in [0.717, 1.165) is 11.1 Å². The Morgan fingerprint density at radius 3 is 2.76 bits per heavy atom. The van der Waals surface area contributed by atoms with Crippen LogP contribution >= 0.6 is 0 Å². The van der Waals surface area contributed by atoms with Gasteiger partial charge in [-0.2, -0.15) is 5.10 Å². The number of nitrogens with two attached hydrogens (primary N) is 1. The van der Waals surface area contributed by atoms with E-state index in [1.807, 2.05) is 0 Å². The van der Waals surface area contributed by atoms with Crippen LogP contribution in [-0.2, 0) is 4.79 Å². The van der Waals surface area contributed by atoms with Crippen LogP contribution in [0.5, 0.6) is 5.75 Å². The van der Waals surface area contributed by atoms with Gasteiger partial charge in [0.05, 0.1) is 11.9 Å². The second-order valence-electron chi connectivity index (χ2n) is 4.29. The molecule has 0 spiro atoms. The molecule has 2 rings (SSSR count). The van der Waals surface area contributed by atoms with Gasteiger partial charge in [-0.1, -0.05) is 6.07 Å². The van der Waals surface area contributed by atoms with E-state index in [1.54, 1.807) is 30.6 Å². The molecule has 0 bridgehead atoms. The number of anilines is 1. The summed E-state index contributed by atoms with van der Waals surface area (Å²) < 4.78 is 5.42. The first-order valence-corrected chi connectivity index (χ1v) is 6.06. The number of benzene rings is 1. The molecule has 2 amide bonds. The van der Waals surface area contributed by atoms with Crippen LogP contribution in [-0.4, -0.2) is 33.4 Å². The second kappa shape index (κ2) is 5.95. The molecule has 110 valence electrons. The first-order chi connectivity index (χ1) is 9.97. The molecule has 1 atom stereocenters. The number of hydrogen-bond acceptors (Lipinski definition) is 4. The Kier molecular flexibility index (Phi) is 4.07. The summed E-state index contributed by atoms with van der Waals surface area (Å²) >= 11 is 0. The van der Waals surface area contributed by atoms with Gasteiger partial charge in [0.1, 0.15) is 5.75 Å². The number of aromatic nitrogens is 2. The van der Waals surface area contributed by atoms with Gasteiger partial charge >= 0.3 is 6.09 Å². The van der Waals surface area contributed by atoms with Crippen LogP contribution in [0.1, 0.15) is 6.92 Å². The summed E-state index contributed by atoms with van der Waals surface area (Å²) in [6.45, 7) is 1.48. The Hall–Kier alpha value is -3.03. The molecule has 0 saturated heterocycles. The average molecular weight is 290 g/mol. The summed E-state index contributed by atoms with van der Waals surface area (Å²) in [5, 5.41) is 17.5. The van der Waals surface area contributed by atoms with Crippen LogP contribution in [0.15, 0.2) is 30.6 Å². The summed E-state index contributed by atoms with van der Waals surface area (Å²) in [6, 6.07) is 4.85. The number of rotatable bonds is 5. The minimum Gasteiger partial charge on any atom is -0.479 e. The van der Waals surface area contributed by atoms with Gasteiger partial charge in [-0.05, 0) is 24.6 Å². The van der Waals surface area contributed by atoms with E-state index in [2.05, 4.69) is 15.5 Å². The van der Waals surface area contributed by atoms with Crippen molar-refractivity contribution in [3.8, 4) is 16.9 Å². The van der Waals surface area contributed by atoms with Crippen LogP contribution in [0.3, 0.4) is 0 Å². The maximum Gasteiger partial charge on any atom is 0.409 e. The van der Waals surface area contributed by atoms with Crippen molar-refractivity contribution in [2.24, 2.45) is 5.73 Å². The fourth-order valence-electron chi connectivity index (χ4n) is 1.68. The zero-order chi connectivity index (χ0) is 15.4. The number of nitrogens with zero attached hydrogens (tertiary/aromatic N) is 1. The topological polar surface area (TPSA) is 130 Å². The molecule has 0 radical (unpaired) electrons. The highest BCUT2D eigenvalue weighted by molar-refractivity contribution is 5.87. The van der Waals surface area contributed by atoms with E-state index in [9.17, 15) is 9.59 Å².